The predicted octanol–water partition coefficient (Wildman–Crippen LogP) is 3.18. The van der Waals surface area contributed by atoms with Crippen molar-refractivity contribution >= 4 is 58.3 Å². The SMILES string of the molecule is CCCCNC(=S)S.CCCCNC(=S)S.[Zn+2].[Zn+2]. The third kappa shape index (κ3) is 36.1. The van der Waals surface area contributed by atoms with Crippen LogP contribution in [0, 0.1) is 0 Å². The summed E-state index contributed by atoms with van der Waals surface area (Å²) in [6.07, 6.45) is 4.73. The molecule has 0 fully saturated rings. The maximum absolute atomic E-state index is 4.66. The quantitative estimate of drug-likeness (QED) is 0.226. The summed E-state index contributed by atoms with van der Waals surface area (Å²) in [5.74, 6) is 0. The third-order valence-electron chi connectivity index (χ3n) is 1.61. The van der Waals surface area contributed by atoms with Gasteiger partial charge in [0.1, 0.15) is 8.64 Å². The van der Waals surface area contributed by atoms with Gasteiger partial charge in [0, 0.05) is 13.1 Å². The van der Waals surface area contributed by atoms with Crippen LogP contribution in [-0.4, -0.2) is 21.7 Å². The van der Waals surface area contributed by atoms with Crippen LogP contribution >= 0.6 is 49.7 Å². The monoisotopic (exact) mass is 426 g/mol. The van der Waals surface area contributed by atoms with Crippen LogP contribution in [-0.2, 0) is 39.0 Å². The van der Waals surface area contributed by atoms with Crippen LogP contribution < -0.4 is 10.6 Å². The van der Waals surface area contributed by atoms with Gasteiger partial charge in [0.05, 0.1) is 0 Å². The molecule has 0 aromatic rings. The molecule has 2 N–H and O–H groups in total. The number of hydrogen-bond acceptors (Lipinski definition) is 2. The van der Waals surface area contributed by atoms with E-state index in [2.05, 4.69) is 74.2 Å². The summed E-state index contributed by atoms with van der Waals surface area (Å²) >= 11 is 17.1. The average molecular weight is 429 g/mol. The van der Waals surface area contributed by atoms with E-state index in [1.165, 1.54) is 25.7 Å². The second kappa shape index (κ2) is 23.8. The molecule has 0 saturated heterocycles. The van der Waals surface area contributed by atoms with Gasteiger partial charge >= 0.3 is 39.0 Å². The molecular weight excluding hydrogens is 407 g/mol. The molecule has 0 unspecified atom stereocenters. The van der Waals surface area contributed by atoms with E-state index in [-0.39, 0.29) is 39.0 Å². The Kier molecular flexibility index (Phi) is 37.0. The Morgan fingerprint density at radius 1 is 0.833 bits per heavy atom. The van der Waals surface area contributed by atoms with Crippen molar-refractivity contribution in [2.45, 2.75) is 39.5 Å². The number of thiol groups is 2. The van der Waals surface area contributed by atoms with Gasteiger partial charge in [0.15, 0.2) is 0 Å². The normalized spacial score (nSPS) is 7.78. The summed E-state index contributed by atoms with van der Waals surface area (Å²) in [6, 6.07) is 0. The zero-order chi connectivity index (χ0) is 12.8. The van der Waals surface area contributed by atoms with Gasteiger partial charge in [0.25, 0.3) is 0 Å². The first-order valence-electron chi connectivity index (χ1n) is 5.48. The fourth-order valence-electron chi connectivity index (χ4n) is 0.744. The van der Waals surface area contributed by atoms with Crippen LogP contribution in [0.2, 0.25) is 0 Å². The molecule has 0 amide bonds. The molecular formula is C10H22N2S4Zn2+4. The minimum absolute atomic E-state index is 0. The average Bonchev–Trinajstić information content (AvgIpc) is 2.18. The third-order valence-corrected chi connectivity index (χ3v) is 2.22. The van der Waals surface area contributed by atoms with Crippen molar-refractivity contribution < 1.29 is 39.0 Å². The maximum atomic E-state index is 4.66. The van der Waals surface area contributed by atoms with Crippen LogP contribution in [0.25, 0.3) is 0 Å². The molecule has 0 aromatic heterocycles. The van der Waals surface area contributed by atoms with E-state index in [1.807, 2.05) is 0 Å². The number of nitrogens with one attached hydrogen (secondary N) is 2. The zero-order valence-corrected chi connectivity index (χ0v) is 20.7. The van der Waals surface area contributed by atoms with Gasteiger partial charge in [-0.15, -0.1) is 25.3 Å². The summed E-state index contributed by atoms with van der Waals surface area (Å²) in [4.78, 5) is 0. The van der Waals surface area contributed by atoms with Crippen LogP contribution in [0.1, 0.15) is 39.5 Å². The first-order valence-corrected chi connectivity index (χ1v) is 7.19. The Labute approximate surface area is 159 Å². The zero-order valence-electron chi connectivity index (χ0n) is 11.4. The van der Waals surface area contributed by atoms with Crippen LogP contribution in [0.5, 0.6) is 0 Å². The molecule has 0 aliphatic rings. The Hall–Kier alpha value is 1.73. The van der Waals surface area contributed by atoms with Gasteiger partial charge in [-0.1, -0.05) is 51.1 Å². The van der Waals surface area contributed by atoms with E-state index in [1.54, 1.807) is 0 Å². The molecule has 0 rings (SSSR count). The molecule has 0 radical (unpaired) electrons. The summed E-state index contributed by atoms with van der Waals surface area (Å²) in [5.41, 5.74) is 0. The minimum Gasteiger partial charge on any atom is -0.371 e. The van der Waals surface area contributed by atoms with Gasteiger partial charge in [-0.3, -0.25) is 0 Å². The number of thiocarbonyl (C=S) groups is 2. The first kappa shape index (κ1) is 28.0. The van der Waals surface area contributed by atoms with Crippen LogP contribution in [0.15, 0.2) is 0 Å². The number of unbranched alkanes of at least 4 members (excludes halogenated alkanes) is 2. The van der Waals surface area contributed by atoms with E-state index in [0.717, 1.165) is 13.1 Å². The molecule has 18 heavy (non-hydrogen) atoms. The second-order valence-corrected chi connectivity index (χ2v) is 5.49. The summed E-state index contributed by atoms with van der Waals surface area (Å²) in [6.45, 7) is 6.20. The van der Waals surface area contributed by atoms with Crippen molar-refractivity contribution in [3.63, 3.8) is 0 Å². The molecule has 8 heteroatoms. The second-order valence-electron chi connectivity index (χ2n) is 3.17. The maximum Gasteiger partial charge on any atom is 2.00 e. The summed E-state index contributed by atoms with van der Waals surface area (Å²) < 4.78 is 1.19. The molecule has 0 heterocycles. The minimum atomic E-state index is 0. The van der Waals surface area contributed by atoms with Crippen LogP contribution in [0.3, 0.4) is 0 Å². The van der Waals surface area contributed by atoms with E-state index >= 15 is 0 Å². The molecule has 0 bridgehead atoms. The molecule has 0 saturated carbocycles. The van der Waals surface area contributed by atoms with Gasteiger partial charge < -0.3 is 10.6 Å². The van der Waals surface area contributed by atoms with E-state index < -0.39 is 0 Å². The molecule has 0 aliphatic heterocycles. The van der Waals surface area contributed by atoms with Crippen molar-refractivity contribution in [3.05, 3.63) is 0 Å². The van der Waals surface area contributed by atoms with Crippen molar-refractivity contribution in [3.8, 4) is 0 Å². The van der Waals surface area contributed by atoms with Gasteiger partial charge in [0.2, 0.25) is 0 Å². The van der Waals surface area contributed by atoms with Crippen LogP contribution in [0.4, 0.5) is 0 Å². The number of rotatable bonds is 6. The molecule has 96 valence electrons. The van der Waals surface area contributed by atoms with Gasteiger partial charge in [-0.05, 0) is 12.8 Å². The smallest absolute Gasteiger partial charge is 0.371 e. The Bertz CT molecular complexity index is 175. The fourth-order valence-corrected chi connectivity index (χ4v) is 1.17. The molecule has 0 atom stereocenters. The van der Waals surface area contributed by atoms with Gasteiger partial charge in [-0.2, -0.15) is 0 Å². The standard InChI is InChI=1S/2C5H11NS2.2Zn/c2*1-2-3-4-6-5(7)8;;/h2*2-4H2,1H3,(H2,6,7,8);;/q;;2*+2. The largest absolute Gasteiger partial charge is 2.00 e. The Balaban J connectivity index is -0.0000000980. The first-order chi connectivity index (χ1) is 7.54. The predicted molar refractivity (Wildman–Crippen MR) is 89.0 cm³/mol. The topological polar surface area (TPSA) is 24.1 Å². The van der Waals surface area contributed by atoms with E-state index in [4.69, 9.17) is 0 Å². The molecule has 0 aliphatic carbocycles. The summed E-state index contributed by atoms with van der Waals surface area (Å²) in [7, 11) is 0. The summed E-state index contributed by atoms with van der Waals surface area (Å²) in [5, 5.41) is 5.88. The fraction of sp³-hybridized carbons (Fsp3) is 0.800. The molecule has 2 nitrogen and oxygen atoms in total. The Morgan fingerprint density at radius 2 is 1.11 bits per heavy atom. The van der Waals surface area contributed by atoms with Crippen molar-refractivity contribution in [2.75, 3.05) is 13.1 Å². The van der Waals surface area contributed by atoms with E-state index in [0.29, 0.717) is 8.64 Å². The molecule has 0 aromatic carbocycles. The number of hydrogen-bond donors (Lipinski definition) is 4. The van der Waals surface area contributed by atoms with E-state index in [9.17, 15) is 0 Å². The van der Waals surface area contributed by atoms with Crippen molar-refractivity contribution in [1.29, 1.82) is 0 Å². The van der Waals surface area contributed by atoms with Gasteiger partial charge in [-0.25, -0.2) is 0 Å². The Morgan fingerprint density at radius 3 is 1.28 bits per heavy atom. The molecule has 0 spiro atoms. The van der Waals surface area contributed by atoms with Crippen molar-refractivity contribution in [1.82, 2.24) is 10.6 Å². The van der Waals surface area contributed by atoms with Crippen molar-refractivity contribution in [2.24, 2.45) is 0 Å².